The van der Waals surface area contributed by atoms with Crippen LogP contribution in [0.25, 0.3) is 0 Å². The number of carbonyl (C=O) groups is 3. The Morgan fingerprint density at radius 3 is 2.39 bits per heavy atom. The topological polar surface area (TPSA) is 118 Å². The maximum Gasteiger partial charge on any atom is 0.313 e. The summed E-state index contributed by atoms with van der Waals surface area (Å²) < 4.78 is 0. The molecule has 0 spiro atoms. The number of hydrogen-bond acceptors (Lipinski definition) is 7. The molecule has 2 amide bonds. The summed E-state index contributed by atoms with van der Waals surface area (Å²) in [7, 11) is 0. The lowest BCUT2D eigenvalue weighted by Gasteiger charge is -2.05. The van der Waals surface area contributed by atoms with Crippen molar-refractivity contribution >= 4 is 51.6 Å². The van der Waals surface area contributed by atoms with Gasteiger partial charge in [-0.05, 0) is 35.7 Å². The van der Waals surface area contributed by atoms with Crippen LogP contribution in [0.5, 0.6) is 0 Å². The van der Waals surface area contributed by atoms with Gasteiger partial charge in [-0.2, -0.15) is 11.3 Å². The molecule has 0 saturated carbocycles. The number of ketones is 1. The minimum atomic E-state index is -0.889. The van der Waals surface area contributed by atoms with Crippen molar-refractivity contribution in [2.45, 2.75) is 6.54 Å². The molecular formula is C18H13N3O5S2. The highest BCUT2D eigenvalue weighted by Crippen LogP contribution is 2.21. The number of nitro benzene ring substituents is 1. The zero-order valence-corrected chi connectivity index (χ0v) is 15.8. The van der Waals surface area contributed by atoms with Crippen LogP contribution < -0.4 is 10.6 Å². The molecule has 0 aliphatic carbocycles. The van der Waals surface area contributed by atoms with E-state index in [1.165, 1.54) is 46.9 Å². The summed E-state index contributed by atoms with van der Waals surface area (Å²) in [5, 5.41) is 19.0. The molecule has 0 bridgehead atoms. The first-order valence-corrected chi connectivity index (χ1v) is 9.69. The van der Waals surface area contributed by atoms with Crippen LogP contribution in [0.15, 0.2) is 53.2 Å². The number of carbonyl (C=O) groups excluding carboxylic acids is 3. The fraction of sp³-hybridized carbons (Fsp3) is 0.0556. The average Bonchev–Trinajstić information content (AvgIpc) is 3.38. The smallest absolute Gasteiger partial charge is 0.313 e. The highest BCUT2D eigenvalue weighted by Gasteiger charge is 2.16. The van der Waals surface area contributed by atoms with Crippen LogP contribution in [-0.2, 0) is 16.1 Å². The Hall–Kier alpha value is -3.37. The first-order chi connectivity index (χ1) is 13.4. The third-order valence-corrected chi connectivity index (χ3v) is 5.40. The van der Waals surface area contributed by atoms with Gasteiger partial charge >= 0.3 is 11.8 Å². The molecule has 2 aromatic heterocycles. The second-order valence-electron chi connectivity index (χ2n) is 5.55. The molecule has 8 nitrogen and oxygen atoms in total. The van der Waals surface area contributed by atoms with Gasteiger partial charge in [0, 0.05) is 33.6 Å². The number of anilines is 1. The lowest BCUT2D eigenvalue weighted by atomic mass is 10.2. The van der Waals surface area contributed by atoms with Crippen molar-refractivity contribution in [1.82, 2.24) is 5.32 Å². The average molecular weight is 415 g/mol. The van der Waals surface area contributed by atoms with Gasteiger partial charge in [0.1, 0.15) is 0 Å². The summed E-state index contributed by atoms with van der Waals surface area (Å²) in [6.45, 7) is 0.105. The van der Waals surface area contributed by atoms with Gasteiger partial charge in [0.2, 0.25) is 5.78 Å². The maximum absolute atomic E-state index is 12.3. The maximum atomic E-state index is 12.3. The monoisotopic (exact) mass is 415 g/mol. The number of nitro groups is 1. The number of hydrogen-bond donors (Lipinski definition) is 2. The third kappa shape index (κ3) is 4.67. The molecule has 10 heteroatoms. The molecule has 0 radical (unpaired) electrons. The Morgan fingerprint density at radius 2 is 1.75 bits per heavy atom. The molecule has 1 aromatic carbocycles. The van der Waals surface area contributed by atoms with Crippen molar-refractivity contribution in [3.05, 3.63) is 78.7 Å². The van der Waals surface area contributed by atoms with Crippen molar-refractivity contribution in [3.63, 3.8) is 0 Å². The van der Waals surface area contributed by atoms with Crippen LogP contribution in [-0.4, -0.2) is 22.5 Å². The predicted octanol–water partition coefficient (Wildman–Crippen LogP) is 3.20. The van der Waals surface area contributed by atoms with E-state index in [4.69, 9.17) is 0 Å². The largest absolute Gasteiger partial charge is 0.343 e. The minimum absolute atomic E-state index is 0.0836. The van der Waals surface area contributed by atoms with Gasteiger partial charge < -0.3 is 10.6 Å². The molecule has 0 aliphatic rings. The summed E-state index contributed by atoms with van der Waals surface area (Å²) in [5.74, 6) is -1.82. The van der Waals surface area contributed by atoms with Crippen LogP contribution >= 0.6 is 22.7 Å². The zero-order chi connectivity index (χ0) is 20.1. The van der Waals surface area contributed by atoms with Gasteiger partial charge in [0.15, 0.2) is 0 Å². The van der Waals surface area contributed by atoms with Gasteiger partial charge in [-0.25, -0.2) is 0 Å². The molecule has 0 aliphatic heterocycles. The molecule has 0 unspecified atom stereocenters. The van der Waals surface area contributed by atoms with E-state index in [9.17, 15) is 24.5 Å². The van der Waals surface area contributed by atoms with E-state index in [-0.39, 0.29) is 23.7 Å². The Balaban J connectivity index is 1.53. The molecule has 3 aromatic rings. The molecular weight excluding hydrogens is 402 g/mol. The van der Waals surface area contributed by atoms with E-state index in [0.29, 0.717) is 10.4 Å². The van der Waals surface area contributed by atoms with Crippen LogP contribution in [0.3, 0.4) is 0 Å². The van der Waals surface area contributed by atoms with E-state index in [2.05, 4.69) is 10.6 Å². The molecule has 28 heavy (non-hydrogen) atoms. The summed E-state index contributed by atoms with van der Waals surface area (Å²) >= 11 is 2.68. The number of non-ortho nitro benzene ring substituents is 1. The molecule has 0 saturated heterocycles. The lowest BCUT2D eigenvalue weighted by Crippen LogP contribution is -2.34. The van der Waals surface area contributed by atoms with Gasteiger partial charge in [-0.15, -0.1) is 11.3 Å². The summed E-state index contributed by atoms with van der Waals surface area (Å²) in [6.07, 6.45) is 0. The van der Waals surface area contributed by atoms with Crippen LogP contribution in [0.1, 0.15) is 20.1 Å². The molecule has 0 fully saturated rings. The van der Waals surface area contributed by atoms with Gasteiger partial charge in [-0.1, -0.05) is 0 Å². The first kappa shape index (κ1) is 19.4. The van der Waals surface area contributed by atoms with Gasteiger partial charge in [0.05, 0.1) is 16.3 Å². The summed E-state index contributed by atoms with van der Waals surface area (Å²) in [4.78, 5) is 47.4. The Morgan fingerprint density at radius 1 is 1.00 bits per heavy atom. The fourth-order valence-electron chi connectivity index (χ4n) is 2.23. The second-order valence-corrected chi connectivity index (χ2v) is 7.50. The SMILES string of the molecule is O=C(NCc1ccc(C(=O)c2ccsc2)s1)C(=O)Nc1ccc([N+](=O)[O-])cc1. The molecule has 142 valence electrons. The van der Waals surface area contributed by atoms with Gasteiger partial charge in [-0.3, -0.25) is 24.5 Å². The van der Waals surface area contributed by atoms with Crippen LogP contribution in [0, 0.1) is 10.1 Å². The Labute approximate surface area is 167 Å². The molecule has 2 heterocycles. The van der Waals surface area contributed by atoms with Crippen LogP contribution in [0.2, 0.25) is 0 Å². The normalized spacial score (nSPS) is 10.3. The number of amides is 2. The Bertz CT molecular complexity index is 1030. The zero-order valence-electron chi connectivity index (χ0n) is 14.2. The van der Waals surface area contributed by atoms with Crippen molar-refractivity contribution in [1.29, 1.82) is 0 Å². The van der Waals surface area contributed by atoms with E-state index >= 15 is 0 Å². The number of rotatable bonds is 6. The van der Waals surface area contributed by atoms with Crippen molar-refractivity contribution < 1.29 is 19.3 Å². The summed E-state index contributed by atoms with van der Waals surface area (Å²) in [6, 6.07) is 10.3. The highest BCUT2D eigenvalue weighted by atomic mass is 32.1. The summed E-state index contributed by atoms with van der Waals surface area (Å²) in [5.41, 5.74) is 0.767. The van der Waals surface area contributed by atoms with E-state index < -0.39 is 16.7 Å². The van der Waals surface area contributed by atoms with E-state index in [1.807, 2.05) is 5.38 Å². The highest BCUT2D eigenvalue weighted by molar-refractivity contribution is 7.14. The van der Waals surface area contributed by atoms with Crippen molar-refractivity contribution in [2.75, 3.05) is 5.32 Å². The minimum Gasteiger partial charge on any atom is -0.343 e. The molecule has 0 atom stereocenters. The van der Waals surface area contributed by atoms with Crippen LogP contribution in [0.4, 0.5) is 11.4 Å². The first-order valence-electron chi connectivity index (χ1n) is 7.93. The van der Waals surface area contributed by atoms with Gasteiger partial charge in [0.25, 0.3) is 5.69 Å². The van der Waals surface area contributed by atoms with Crippen molar-refractivity contribution in [2.24, 2.45) is 0 Å². The number of nitrogens with one attached hydrogen (secondary N) is 2. The number of benzene rings is 1. The third-order valence-electron chi connectivity index (χ3n) is 3.63. The standard InChI is InChI=1S/C18H13N3O5S2/c22-16(11-7-8-27-10-11)15-6-5-14(28-15)9-19-17(23)18(24)20-12-1-3-13(4-2-12)21(25)26/h1-8,10H,9H2,(H,19,23)(H,20,24). The Kier molecular flexibility index (Phi) is 5.92. The number of thiophene rings is 2. The predicted molar refractivity (Wildman–Crippen MR) is 106 cm³/mol. The number of nitrogens with zero attached hydrogens (tertiary/aromatic N) is 1. The van der Waals surface area contributed by atoms with Crippen molar-refractivity contribution in [3.8, 4) is 0 Å². The molecule has 3 rings (SSSR count). The lowest BCUT2D eigenvalue weighted by molar-refractivity contribution is -0.384. The van der Waals surface area contributed by atoms with E-state index in [1.54, 1.807) is 23.6 Å². The fourth-order valence-corrected chi connectivity index (χ4v) is 3.78. The quantitative estimate of drug-likeness (QED) is 0.277. The molecule has 2 N–H and O–H groups in total. The second kappa shape index (κ2) is 8.55. The van der Waals surface area contributed by atoms with E-state index in [0.717, 1.165) is 4.88 Å².